The highest BCUT2D eigenvalue weighted by Gasteiger charge is 2.48. The molecule has 7 heteroatoms. The van der Waals surface area contributed by atoms with Crippen molar-refractivity contribution < 1.29 is 19.1 Å². The number of aromatic nitrogens is 1. The Hall–Kier alpha value is -2.38. The van der Waals surface area contributed by atoms with Gasteiger partial charge in [-0.25, -0.2) is 0 Å². The Morgan fingerprint density at radius 1 is 1.30 bits per heavy atom. The van der Waals surface area contributed by atoms with Crippen molar-refractivity contribution in [2.45, 2.75) is 51.7 Å². The van der Waals surface area contributed by atoms with Gasteiger partial charge in [0.1, 0.15) is 11.9 Å². The lowest BCUT2D eigenvalue weighted by atomic mass is 9.67. The first kappa shape index (κ1) is 22.4. The van der Waals surface area contributed by atoms with E-state index in [4.69, 9.17) is 9.47 Å². The summed E-state index contributed by atoms with van der Waals surface area (Å²) < 4.78 is 15.1. The van der Waals surface area contributed by atoms with Crippen LogP contribution in [-0.4, -0.2) is 42.7 Å². The van der Waals surface area contributed by atoms with Gasteiger partial charge in [-0.3, -0.25) is 9.59 Å². The van der Waals surface area contributed by atoms with Gasteiger partial charge in [0.25, 0.3) is 0 Å². The minimum atomic E-state index is -0.403. The van der Waals surface area contributed by atoms with Crippen molar-refractivity contribution in [1.82, 2.24) is 9.88 Å². The van der Waals surface area contributed by atoms with Crippen molar-refractivity contribution in [2.75, 3.05) is 20.3 Å². The highest BCUT2D eigenvalue weighted by Crippen LogP contribution is 2.54. The van der Waals surface area contributed by atoms with Crippen LogP contribution >= 0.6 is 15.9 Å². The van der Waals surface area contributed by atoms with Crippen LogP contribution in [-0.2, 0) is 19.1 Å². The smallest absolute Gasteiger partial charge is 0.302 e. The van der Waals surface area contributed by atoms with E-state index >= 15 is 0 Å². The number of nitrogens with one attached hydrogen (secondary N) is 1. The maximum Gasteiger partial charge on any atom is 0.302 e. The van der Waals surface area contributed by atoms with Crippen molar-refractivity contribution >= 4 is 44.2 Å². The van der Waals surface area contributed by atoms with Crippen LogP contribution in [0.2, 0.25) is 0 Å². The molecule has 2 atom stereocenters. The summed E-state index contributed by atoms with van der Waals surface area (Å²) in [4.78, 5) is 23.7. The van der Waals surface area contributed by atoms with Crippen LogP contribution < -0.4 is 5.32 Å². The second-order valence-corrected chi connectivity index (χ2v) is 10.8. The summed E-state index contributed by atoms with van der Waals surface area (Å²) in [6, 6.07) is 6.50. The summed E-state index contributed by atoms with van der Waals surface area (Å²) >= 11 is 3.67. The van der Waals surface area contributed by atoms with Crippen LogP contribution in [0.5, 0.6) is 0 Å². The average molecular weight is 513 g/mol. The number of carbonyl (C=O) groups is 2. The molecule has 2 aliphatic carbocycles. The summed E-state index contributed by atoms with van der Waals surface area (Å²) in [6.45, 7) is 6.73. The third kappa shape index (κ3) is 3.56. The number of ketones is 1. The van der Waals surface area contributed by atoms with E-state index in [1.807, 2.05) is 0 Å². The van der Waals surface area contributed by atoms with Crippen molar-refractivity contribution in [3.63, 3.8) is 0 Å². The van der Waals surface area contributed by atoms with Gasteiger partial charge >= 0.3 is 5.97 Å². The molecule has 2 heterocycles. The van der Waals surface area contributed by atoms with Crippen molar-refractivity contribution in [2.24, 2.45) is 5.41 Å². The summed E-state index contributed by atoms with van der Waals surface area (Å²) in [5, 5.41) is 4.71. The maximum absolute atomic E-state index is 12.0. The molecule has 0 saturated heterocycles. The molecule has 33 heavy (non-hydrogen) atoms. The van der Waals surface area contributed by atoms with Crippen LogP contribution in [0.1, 0.15) is 56.8 Å². The molecule has 6 nitrogen and oxygen atoms in total. The molecule has 1 aliphatic heterocycles. The number of benzene rings is 1. The van der Waals surface area contributed by atoms with Crippen LogP contribution in [0, 0.1) is 5.41 Å². The summed E-state index contributed by atoms with van der Waals surface area (Å²) in [5.41, 5.74) is 5.24. The fourth-order valence-corrected chi connectivity index (χ4v) is 6.03. The fraction of sp³-hybridized carbons (Fsp3) is 0.462. The average Bonchev–Trinajstić information content (AvgIpc) is 3.08. The number of carbonyl (C=O) groups excluding carboxylic acids is 2. The number of ether oxygens (including phenoxy) is 2. The van der Waals surface area contributed by atoms with Gasteiger partial charge < -0.3 is 19.4 Å². The van der Waals surface area contributed by atoms with Crippen LogP contribution in [0.4, 0.5) is 0 Å². The standard InChI is InChI=1S/C26H29BrN2O4/c1-14(30)33-13-26(2,3)22-21-19-10-15(27)7-8-20(19)29(16-11-17(31)12-16)24(21)18-6-5-9-28-23(18)25(22)32-4/h5-8,10,16,22,25,28H,9,11-13H2,1-4H3. The number of hydrogen-bond donors (Lipinski definition) is 1. The molecular formula is C26H29BrN2O4. The van der Waals surface area contributed by atoms with E-state index in [1.165, 1.54) is 12.5 Å². The van der Waals surface area contributed by atoms with E-state index in [-0.39, 0.29) is 30.6 Å². The highest BCUT2D eigenvalue weighted by molar-refractivity contribution is 9.10. The molecule has 2 unspecified atom stereocenters. The molecule has 174 valence electrons. The summed E-state index contributed by atoms with van der Waals surface area (Å²) in [6.07, 6.45) is 5.20. The molecule has 1 aromatic heterocycles. The predicted molar refractivity (Wildman–Crippen MR) is 131 cm³/mol. The third-order valence-electron chi connectivity index (χ3n) is 7.18. The molecule has 1 fully saturated rings. The SMILES string of the molecule is COC1C2=C(C=CCN2)c2c(c3cc(Br)ccc3n2C2CC(=O)C2)C1C(C)(C)COC(C)=O. The Morgan fingerprint density at radius 2 is 2.06 bits per heavy atom. The lowest BCUT2D eigenvalue weighted by molar-refractivity contribution is -0.145. The molecule has 1 saturated carbocycles. The van der Waals surface area contributed by atoms with Gasteiger partial charge in [-0.1, -0.05) is 41.9 Å². The van der Waals surface area contributed by atoms with Crippen LogP contribution in [0.3, 0.4) is 0 Å². The summed E-state index contributed by atoms with van der Waals surface area (Å²) in [7, 11) is 1.74. The Bertz CT molecular complexity index is 1210. The second-order valence-electron chi connectivity index (χ2n) is 9.91. The van der Waals surface area contributed by atoms with Gasteiger partial charge in [-0.05, 0) is 23.8 Å². The van der Waals surface area contributed by atoms with E-state index in [1.54, 1.807) is 7.11 Å². The van der Waals surface area contributed by atoms with Gasteiger partial charge in [0.2, 0.25) is 0 Å². The van der Waals surface area contributed by atoms with E-state index in [9.17, 15) is 9.59 Å². The van der Waals surface area contributed by atoms with Crippen LogP contribution in [0.25, 0.3) is 16.5 Å². The number of halogens is 1. The Labute approximate surface area is 202 Å². The van der Waals surface area contributed by atoms with Gasteiger partial charge in [0.05, 0.1) is 18.0 Å². The lowest BCUT2D eigenvalue weighted by Crippen LogP contribution is -2.44. The molecule has 1 aromatic carbocycles. The van der Waals surface area contributed by atoms with Gasteiger partial charge in [-0.15, -0.1) is 0 Å². The molecular weight excluding hydrogens is 484 g/mol. The Kier molecular flexibility index (Phi) is 5.52. The molecule has 0 amide bonds. The third-order valence-corrected chi connectivity index (χ3v) is 7.67. The molecule has 2 aromatic rings. The number of fused-ring (bicyclic) bond motifs is 4. The lowest BCUT2D eigenvalue weighted by Gasteiger charge is -2.44. The first-order valence-corrected chi connectivity index (χ1v) is 12.2. The van der Waals surface area contributed by atoms with E-state index in [0.717, 1.165) is 38.9 Å². The molecule has 3 aliphatic rings. The highest BCUT2D eigenvalue weighted by atomic mass is 79.9. The first-order chi connectivity index (χ1) is 15.7. The number of allylic oxidation sites excluding steroid dienone is 2. The quantitative estimate of drug-likeness (QED) is 0.578. The van der Waals surface area contributed by atoms with Crippen molar-refractivity contribution in [1.29, 1.82) is 0 Å². The number of methoxy groups -OCH3 is 1. The fourth-order valence-electron chi connectivity index (χ4n) is 5.67. The topological polar surface area (TPSA) is 69.6 Å². The molecule has 0 radical (unpaired) electrons. The van der Waals surface area contributed by atoms with Crippen molar-refractivity contribution in [3.8, 4) is 0 Å². The Balaban J connectivity index is 1.82. The largest absolute Gasteiger partial charge is 0.465 e. The molecule has 0 bridgehead atoms. The molecule has 5 rings (SSSR count). The zero-order valence-electron chi connectivity index (χ0n) is 19.4. The minimum absolute atomic E-state index is 0.0663. The van der Waals surface area contributed by atoms with Gasteiger partial charge in [0.15, 0.2) is 0 Å². The number of hydrogen-bond acceptors (Lipinski definition) is 5. The molecule has 1 N–H and O–H groups in total. The zero-order chi connectivity index (χ0) is 23.5. The van der Waals surface area contributed by atoms with Gasteiger partial charge in [-0.2, -0.15) is 0 Å². The predicted octanol–water partition coefficient (Wildman–Crippen LogP) is 4.88. The Morgan fingerprint density at radius 3 is 2.73 bits per heavy atom. The van der Waals surface area contributed by atoms with Crippen LogP contribution in [0.15, 0.2) is 40.5 Å². The monoisotopic (exact) mass is 512 g/mol. The molecule has 0 spiro atoms. The number of esters is 1. The van der Waals surface area contributed by atoms with E-state index in [2.05, 4.69) is 70.0 Å². The van der Waals surface area contributed by atoms with Gasteiger partial charge in [0, 0.05) is 71.7 Å². The zero-order valence-corrected chi connectivity index (χ0v) is 21.0. The van der Waals surface area contributed by atoms with E-state index < -0.39 is 5.41 Å². The first-order valence-electron chi connectivity index (χ1n) is 11.4. The number of Topliss-reactive ketones (excluding diaryl/α,β-unsaturated/α-hetero) is 1. The van der Waals surface area contributed by atoms with E-state index in [0.29, 0.717) is 18.6 Å². The number of rotatable bonds is 5. The number of dihydropyridines is 1. The summed E-state index contributed by atoms with van der Waals surface area (Å²) in [5.74, 6) is -0.0511. The number of nitrogens with zero attached hydrogens (tertiary/aromatic N) is 1. The normalized spacial score (nSPS) is 22.6. The van der Waals surface area contributed by atoms with Crippen molar-refractivity contribution in [3.05, 3.63) is 51.8 Å². The maximum atomic E-state index is 12.0. The minimum Gasteiger partial charge on any atom is -0.465 e. The second kappa shape index (κ2) is 8.13.